The van der Waals surface area contributed by atoms with Gasteiger partial charge in [0.25, 0.3) is 0 Å². The van der Waals surface area contributed by atoms with Crippen LogP contribution in [-0.2, 0) is 0 Å². The molecule has 1 unspecified atom stereocenters. The molecule has 2 aliphatic heterocycles. The highest BCUT2D eigenvalue weighted by Gasteiger charge is 2.35. The zero-order valence-electron chi connectivity index (χ0n) is 14.3. The average molecular weight is 317 g/mol. The van der Waals surface area contributed by atoms with E-state index in [0.29, 0.717) is 11.6 Å². The van der Waals surface area contributed by atoms with E-state index >= 15 is 0 Å². The predicted octanol–water partition coefficient (Wildman–Crippen LogP) is 3.31. The van der Waals surface area contributed by atoms with Crippen LogP contribution in [0.25, 0.3) is 0 Å². The number of amides is 2. The average Bonchev–Trinajstić information content (AvgIpc) is 2.48. The predicted molar refractivity (Wildman–Crippen MR) is 91.4 cm³/mol. The molecule has 0 spiro atoms. The van der Waals surface area contributed by atoms with Crippen LogP contribution in [-0.4, -0.2) is 29.6 Å². The lowest BCUT2D eigenvalue weighted by Crippen LogP contribution is -2.48. The van der Waals surface area contributed by atoms with Crippen molar-refractivity contribution < 1.29 is 9.53 Å². The Morgan fingerprint density at radius 1 is 1.35 bits per heavy atom. The molecule has 1 aromatic carbocycles. The largest absolute Gasteiger partial charge is 0.487 e. The summed E-state index contributed by atoms with van der Waals surface area (Å²) in [5.74, 6) is 1.52. The standard InChI is InChI=1S/C18H27N3O2/c1-12-6-8-21(9-7-12)17(22)20-15-11-18(2,3)23-16-5-4-13(19)10-14(15)16/h4-5,10,12,15H,6-9,11,19H2,1-3H3,(H,20,22). The maximum Gasteiger partial charge on any atom is 0.317 e. The van der Waals surface area contributed by atoms with E-state index in [0.717, 1.165) is 43.7 Å². The Bertz CT molecular complexity index is 592. The molecule has 2 heterocycles. The fourth-order valence-electron chi connectivity index (χ4n) is 3.45. The zero-order valence-corrected chi connectivity index (χ0v) is 14.3. The van der Waals surface area contributed by atoms with Crippen molar-refractivity contribution in [2.75, 3.05) is 18.8 Å². The maximum atomic E-state index is 12.6. The Morgan fingerprint density at radius 3 is 2.74 bits per heavy atom. The molecule has 23 heavy (non-hydrogen) atoms. The summed E-state index contributed by atoms with van der Waals surface area (Å²) in [5.41, 5.74) is 7.28. The molecule has 1 aromatic rings. The number of carbonyl (C=O) groups is 1. The van der Waals surface area contributed by atoms with Crippen LogP contribution in [0.2, 0.25) is 0 Å². The molecule has 126 valence electrons. The molecule has 0 radical (unpaired) electrons. The number of nitrogens with two attached hydrogens (primary N) is 1. The van der Waals surface area contributed by atoms with Crippen molar-refractivity contribution in [3.8, 4) is 5.75 Å². The molecule has 0 aromatic heterocycles. The van der Waals surface area contributed by atoms with Crippen molar-refractivity contribution in [2.45, 2.75) is 51.7 Å². The lowest BCUT2D eigenvalue weighted by molar-refractivity contribution is 0.0660. The summed E-state index contributed by atoms with van der Waals surface area (Å²) in [6.07, 6.45) is 2.89. The zero-order chi connectivity index (χ0) is 16.6. The van der Waals surface area contributed by atoms with Crippen LogP contribution in [0.15, 0.2) is 18.2 Å². The summed E-state index contributed by atoms with van der Waals surface area (Å²) in [6.45, 7) is 8.02. The lowest BCUT2D eigenvalue weighted by Gasteiger charge is -2.39. The number of likely N-dealkylation sites (tertiary alicyclic amines) is 1. The maximum absolute atomic E-state index is 12.6. The Morgan fingerprint density at radius 2 is 2.04 bits per heavy atom. The number of piperidine rings is 1. The Labute approximate surface area is 138 Å². The molecule has 5 nitrogen and oxygen atoms in total. The van der Waals surface area contributed by atoms with E-state index in [4.69, 9.17) is 10.5 Å². The van der Waals surface area contributed by atoms with Gasteiger partial charge in [-0.2, -0.15) is 0 Å². The van der Waals surface area contributed by atoms with E-state index in [-0.39, 0.29) is 17.7 Å². The van der Waals surface area contributed by atoms with E-state index in [9.17, 15) is 4.79 Å². The van der Waals surface area contributed by atoms with Crippen molar-refractivity contribution >= 4 is 11.7 Å². The summed E-state index contributed by atoms with van der Waals surface area (Å²) < 4.78 is 6.03. The molecule has 1 fully saturated rings. The highest BCUT2D eigenvalue weighted by atomic mass is 16.5. The summed E-state index contributed by atoms with van der Waals surface area (Å²) in [5, 5.41) is 3.19. The second-order valence-corrected chi connectivity index (χ2v) is 7.53. The molecule has 0 saturated carbocycles. The lowest BCUT2D eigenvalue weighted by atomic mass is 9.89. The number of ether oxygens (including phenoxy) is 1. The molecular weight excluding hydrogens is 290 g/mol. The molecule has 1 saturated heterocycles. The van der Waals surface area contributed by atoms with Gasteiger partial charge in [-0.1, -0.05) is 6.92 Å². The monoisotopic (exact) mass is 317 g/mol. The van der Waals surface area contributed by atoms with Gasteiger partial charge in [-0.15, -0.1) is 0 Å². The first kappa shape index (κ1) is 16.0. The summed E-state index contributed by atoms with van der Waals surface area (Å²) in [6, 6.07) is 5.60. The summed E-state index contributed by atoms with van der Waals surface area (Å²) >= 11 is 0. The molecule has 0 bridgehead atoms. The SMILES string of the molecule is CC1CCN(C(=O)NC2CC(C)(C)Oc3ccc(N)cc32)CC1. The van der Waals surface area contributed by atoms with Crippen LogP contribution in [0.1, 0.15) is 51.6 Å². The second-order valence-electron chi connectivity index (χ2n) is 7.53. The number of hydrogen-bond donors (Lipinski definition) is 2. The molecule has 2 aliphatic rings. The third kappa shape index (κ3) is 3.54. The third-order valence-corrected chi connectivity index (χ3v) is 4.86. The van der Waals surface area contributed by atoms with E-state index < -0.39 is 0 Å². The molecule has 3 N–H and O–H groups in total. The van der Waals surface area contributed by atoms with Crippen LogP contribution >= 0.6 is 0 Å². The van der Waals surface area contributed by atoms with Gasteiger partial charge in [0, 0.05) is 30.8 Å². The van der Waals surface area contributed by atoms with Crippen LogP contribution in [0, 0.1) is 5.92 Å². The van der Waals surface area contributed by atoms with Crippen LogP contribution < -0.4 is 15.8 Å². The number of fused-ring (bicyclic) bond motifs is 1. The highest BCUT2D eigenvalue weighted by molar-refractivity contribution is 5.75. The van der Waals surface area contributed by atoms with E-state index in [1.165, 1.54) is 0 Å². The Hall–Kier alpha value is -1.91. The van der Waals surface area contributed by atoms with Gasteiger partial charge in [-0.25, -0.2) is 4.79 Å². The second kappa shape index (κ2) is 5.95. The van der Waals surface area contributed by atoms with Gasteiger partial charge in [0.1, 0.15) is 11.4 Å². The molecule has 5 heteroatoms. The number of hydrogen-bond acceptors (Lipinski definition) is 3. The van der Waals surface area contributed by atoms with Gasteiger partial charge in [0.05, 0.1) is 6.04 Å². The van der Waals surface area contributed by atoms with E-state index in [1.807, 2.05) is 36.9 Å². The summed E-state index contributed by atoms with van der Waals surface area (Å²) in [7, 11) is 0. The minimum atomic E-state index is -0.308. The van der Waals surface area contributed by atoms with Gasteiger partial charge in [0.2, 0.25) is 0 Å². The molecule has 3 rings (SSSR count). The smallest absolute Gasteiger partial charge is 0.317 e. The van der Waals surface area contributed by atoms with Crippen molar-refractivity contribution in [2.24, 2.45) is 5.92 Å². The number of nitrogen functional groups attached to an aromatic ring is 1. The third-order valence-electron chi connectivity index (χ3n) is 4.86. The number of carbonyl (C=O) groups excluding carboxylic acids is 1. The summed E-state index contributed by atoms with van der Waals surface area (Å²) in [4.78, 5) is 14.5. The van der Waals surface area contributed by atoms with Crippen LogP contribution in [0.5, 0.6) is 5.75 Å². The fourth-order valence-corrected chi connectivity index (χ4v) is 3.45. The first-order chi connectivity index (χ1) is 10.8. The molecule has 0 aliphatic carbocycles. The molecule has 2 amide bonds. The topological polar surface area (TPSA) is 67.6 Å². The molecular formula is C18H27N3O2. The van der Waals surface area contributed by atoms with E-state index in [1.54, 1.807) is 0 Å². The fraction of sp³-hybridized carbons (Fsp3) is 0.611. The van der Waals surface area contributed by atoms with Crippen molar-refractivity contribution in [1.82, 2.24) is 10.2 Å². The van der Waals surface area contributed by atoms with Crippen molar-refractivity contribution in [3.63, 3.8) is 0 Å². The van der Waals surface area contributed by atoms with Gasteiger partial charge < -0.3 is 20.7 Å². The molecule has 1 atom stereocenters. The number of nitrogens with one attached hydrogen (secondary N) is 1. The minimum Gasteiger partial charge on any atom is -0.487 e. The number of nitrogens with zero attached hydrogens (tertiary/aromatic N) is 1. The van der Waals surface area contributed by atoms with Gasteiger partial charge >= 0.3 is 6.03 Å². The van der Waals surface area contributed by atoms with Gasteiger partial charge in [-0.3, -0.25) is 0 Å². The first-order valence-corrected chi connectivity index (χ1v) is 8.48. The first-order valence-electron chi connectivity index (χ1n) is 8.48. The minimum absolute atomic E-state index is 0.0213. The van der Waals surface area contributed by atoms with Crippen LogP contribution in [0.3, 0.4) is 0 Å². The number of rotatable bonds is 1. The van der Waals surface area contributed by atoms with Crippen molar-refractivity contribution in [3.05, 3.63) is 23.8 Å². The van der Waals surface area contributed by atoms with E-state index in [2.05, 4.69) is 12.2 Å². The number of anilines is 1. The quantitative estimate of drug-likeness (QED) is 0.781. The number of benzene rings is 1. The van der Waals surface area contributed by atoms with Gasteiger partial charge in [-0.05, 0) is 50.8 Å². The normalized spacial score (nSPS) is 23.8. The van der Waals surface area contributed by atoms with Gasteiger partial charge in [0.15, 0.2) is 0 Å². The Kier molecular flexibility index (Phi) is 4.13. The van der Waals surface area contributed by atoms with Crippen molar-refractivity contribution in [1.29, 1.82) is 0 Å². The number of urea groups is 1. The Balaban J connectivity index is 1.76. The highest BCUT2D eigenvalue weighted by Crippen LogP contribution is 2.40. The van der Waals surface area contributed by atoms with Crippen LogP contribution in [0.4, 0.5) is 10.5 Å².